The number of aromatic nitrogens is 1. The molecule has 0 aliphatic heterocycles. The standard InChI is InChI=1S/C9H9NO4S/c1-6-10-8-4-3-7(5-9(8)13-6)14-15(2,11)12/h3-5H,1-2H3. The van der Waals surface area contributed by atoms with Gasteiger partial charge in [-0.1, -0.05) is 0 Å². The van der Waals surface area contributed by atoms with Crippen LogP contribution in [0.2, 0.25) is 0 Å². The Labute approximate surface area is 86.8 Å². The van der Waals surface area contributed by atoms with Crippen molar-refractivity contribution < 1.29 is 17.0 Å². The van der Waals surface area contributed by atoms with Gasteiger partial charge in [0.2, 0.25) is 0 Å². The zero-order chi connectivity index (χ0) is 11.1. The lowest BCUT2D eigenvalue weighted by Gasteiger charge is -2.00. The Morgan fingerprint density at radius 2 is 2.13 bits per heavy atom. The van der Waals surface area contributed by atoms with Crippen LogP contribution in [-0.2, 0) is 10.1 Å². The smallest absolute Gasteiger partial charge is 0.306 e. The number of aryl methyl sites for hydroxylation is 1. The van der Waals surface area contributed by atoms with E-state index in [1.165, 1.54) is 12.1 Å². The quantitative estimate of drug-likeness (QED) is 0.727. The van der Waals surface area contributed by atoms with Crippen LogP contribution in [-0.4, -0.2) is 19.7 Å². The Balaban J connectivity index is 2.47. The zero-order valence-corrected chi connectivity index (χ0v) is 9.04. The Morgan fingerprint density at radius 1 is 1.40 bits per heavy atom. The summed E-state index contributed by atoms with van der Waals surface area (Å²) in [4.78, 5) is 4.08. The van der Waals surface area contributed by atoms with Crippen LogP contribution in [0, 0.1) is 6.92 Å². The van der Waals surface area contributed by atoms with Gasteiger partial charge in [-0.3, -0.25) is 0 Å². The minimum Gasteiger partial charge on any atom is -0.441 e. The molecule has 80 valence electrons. The maximum absolute atomic E-state index is 10.9. The normalized spacial score (nSPS) is 11.9. The van der Waals surface area contributed by atoms with Crippen LogP contribution in [0.25, 0.3) is 11.1 Å². The summed E-state index contributed by atoms with van der Waals surface area (Å²) in [6, 6.07) is 4.67. The number of benzene rings is 1. The van der Waals surface area contributed by atoms with Gasteiger partial charge in [-0.2, -0.15) is 8.42 Å². The average Bonchev–Trinajstić information content (AvgIpc) is 2.40. The van der Waals surface area contributed by atoms with Gasteiger partial charge in [0.25, 0.3) is 0 Å². The fraction of sp³-hybridized carbons (Fsp3) is 0.222. The number of rotatable bonds is 2. The molecule has 2 rings (SSSR count). The predicted octanol–water partition coefficient (Wildman–Crippen LogP) is 1.47. The van der Waals surface area contributed by atoms with Gasteiger partial charge in [0.1, 0.15) is 11.3 Å². The molecule has 1 heterocycles. The largest absolute Gasteiger partial charge is 0.441 e. The second kappa shape index (κ2) is 3.23. The summed E-state index contributed by atoms with van der Waals surface area (Å²) in [5.41, 5.74) is 1.18. The molecule has 1 aromatic carbocycles. The van der Waals surface area contributed by atoms with Crippen molar-refractivity contribution >= 4 is 21.2 Å². The molecule has 0 saturated carbocycles. The molecule has 0 amide bonds. The predicted molar refractivity (Wildman–Crippen MR) is 54.2 cm³/mol. The van der Waals surface area contributed by atoms with Gasteiger partial charge in [0, 0.05) is 13.0 Å². The number of nitrogens with zero attached hydrogens (tertiary/aromatic N) is 1. The number of hydrogen-bond acceptors (Lipinski definition) is 5. The number of hydrogen-bond donors (Lipinski definition) is 0. The van der Waals surface area contributed by atoms with E-state index in [2.05, 4.69) is 4.98 Å². The first-order valence-corrected chi connectivity index (χ1v) is 6.02. The highest BCUT2D eigenvalue weighted by Crippen LogP contribution is 2.22. The molecule has 2 aromatic rings. The summed E-state index contributed by atoms with van der Waals surface area (Å²) in [7, 11) is -3.50. The summed E-state index contributed by atoms with van der Waals surface area (Å²) in [5.74, 6) is 0.752. The molecule has 0 atom stereocenters. The van der Waals surface area contributed by atoms with E-state index in [9.17, 15) is 8.42 Å². The SMILES string of the molecule is Cc1nc2ccc(OS(C)(=O)=O)cc2o1. The van der Waals surface area contributed by atoms with Gasteiger partial charge in [-0.05, 0) is 12.1 Å². The van der Waals surface area contributed by atoms with E-state index in [1.54, 1.807) is 13.0 Å². The third-order valence-corrected chi connectivity index (χ3v) is 2.21. The van der Waals surface area contributed by atoms with Gasteiger partial charge in [-0.15, -0.1) is 0 Å². The summed E-state index contributed by atoms with van der Waals surface area (Å²) in [5, 5.41) is 0. The molecule has 0 saturated heterocycles. The van der Waals surface area contributed by atoms with E-state index >= 15 is 0 Å². The zero-order valence-electron chi connectivity index (χ0n) is 8.22. The molecule has 15 heavy (non-hydrogen) atoms. The minimum atomic E-state index is -3.50. The monoisotopic (exact) mass is 227 g/mol. The lowest BCUT2D eigenvalue weighted by molar-refractivity contribution is 0.492. The molecular formula is C9H9NO4S. The Hall–Kier alpha value is -1.56. The summed E-state index contributed by atoms with van der Waals surface area (Å²) in [6.07, 6.45) is 0.989. The van der Waals surface area contributed by atoms with Crippen molar-refractivity contribution in [3.63, 3.8) is 0 Å². The van der Waals surface area contributed by atoms with Crippen molar-refractivity contribution in [2.24, 2.45) is 0 Å². The molecule has 0 bridgehead atoms. The maximum Gasteiger partial charge on any atom is 0.306 e. The van der Waals surface area contributed by atoms with Crippen LogP contribution < -0.4 is 4.18 Å². The summed E-state index contributed by atoms with van der Waals surface area (Å²) < 4.78 is 31.7. The highest BCUT2D eigenvalue weighted by atomic mass is 32.2. The molecule has 1 aromatic heterocycles. The average molecular weight is 227 g/mol. The van der Waals surface area contributed by atoms with Crippen LogP contribution >= 0.6 is 0 Å². The third-order valence-electron chi connectivity index (χ3n) is 1.71. The highest BCUT2D eigenvalue weighted by Gasteiger charge is 2.07. The van der Waals surface area contributed by atoms with E-state index in [4.69, 9.17) is 8.60 Å². The second-order valence-corrected chi connectivity index (χ2v) is 4.72. The van der Waals surface area contributed by atoms with Crippen LogP contribution in [0.4, 0.5) is 0 Å². The van der Waals surface area contributed by atoms with E-state index in [0.717, 1.165) is 6.26 Å². The molecule has 0 aliphatic rings. The van der Waals surface area contributed by atoms with E-state index in [1.807, 2.05) is 0 Å². The van der Waals surface area contributed by atoms with Gasteiger partial charge in [-0.25, -0.2) is 4.98 Å². The fourth-order valence-corrected chi connectivity index (χ4v) is 1.70. The van der Waals surface area contributed by atoms with Crippen LogP contribution in [0.3, 0.4) is 0 Å². The number of oxazole rings is 1. The third kappa shape index (κ3) is 2.27. The van der Waals surface area contributed by atoms with Crippen LogP contribution in [0.1, 0.15) is 5.89 Å². The molecule has 0 fully saturated rings. The van der Waals surface area contributed by atoms with Crippen molar-refractivity contribution in [1.82, 2.24) is 4.98 Å². The van der Waals surface area contributed by atoms with E-state index in [-0.39, 0.29) is 5.75 Å². The van der Waals surface area contributed by atoms with Crippen molar-refractivity contribution in [2.45, 2.75) is 6.92 Å². The fourth-order valence-electron chi connectivity index (χ4n) is 1.25. The lowest BCUT2D eigenvalue weighted by atomic mass is 10.3. The van der Waals surface area contributed by atoms with Gasteiger partial charge >= 0.3 is 10.1 Å². The van der Waals surface area contributed by atoms with Crippen LogP contribution in [0.5, 0.6) is 5.75 Å². The summed E-state index contributed by atoms with van der Waals surface area (Å²) in [6.45, 7) is 1.72. The molecular weight excluding hydrogens is 218 g/mol. The minimum absolute atomic E-state index is 0.223. The van der Waals surface area contributed by atoms with E-state index < -0.39 is 10.1 Å². The first-order valence-electron chi connectivity index (χ1n) is 4.21. The van der Waals surface area contributed by atoms with Gasteiger partial charge in [0.05, 0.1) is 6.26 Å². The molecule has 0 radical (unpaired) electrons. The molecule has 0 N–H and O–H groups in total. The summed E-state index contributed by atoms with van der Waals surface area (Å²) >= 11 is 0. The second-order valence-electron chi connectivity index (χ2n) is 3.15. The van der Waals surface area contributed by atoms with Gasteiger partial charge < -0.3 is 8.60 Å². The Morgan fingerprint density at radius 3 is 2.80 bits per heavy atom. The van der Waals surface area contributed by atoms with Crippen molar-refractivity contribution in [1.29, 1.82) is 0 Å². The Bertz CT molecular complexity index is 600. The number of fused-ring (bicyclic) bond motifs is 1. The van der Waals surface area contributed by atoms with Crippen LogP contribution in [0.15, 0.2) is 22.6 Å². The first kappa shape index (κ1) is 9.97. The Kier molecular flexibility index (Phi) is 2.15. The molecule has 0 unspecified atom stereocenters. The molecule has 0 spiro atoms. The topological polar surface area (TPSA) is 69.4 Å². The molecule has 5 nitrogen and oxygen atoms in total. The lowest BCUT2D eigenvalue weighted by Crippen LogP contribution is -2.05. The van der Waals surface area contributed by atoms with Crippen molar-refractivity contribution in [3.8, 4) is 5.75 Å². The first-order chi connectivity index (χ1) is 6.94. The maximum atomic E-state index is 10.9. The van der Waals surface area contributed by atoms with Gasteiger partial charge in [0.15, 0.2) is 11.5 Å². The molecule has 0 aliphatic carbocycles. The van der Waals surface area contributed by atoms with Crippen molar-refractivity contribution in [2.75, 3.05) is 6.26 Å². The highest BCUT2D eigenvalue weighted by molar-refractivity contribution is 7.86. The van der Waals surface area contributed by atoms with E-state index in [0.29, 0.717) is 17.0 Å². The molecule has 6 heteroatoms. The van der Waals surface area contributed by atoms with Crippen molar-refractivity contribution in [3.05, 3.63) is 24.1 Å².